The fraction of sp³-hybridized carbons (Fsp3) is 0.375. The van der Waals surface area contributed by atoms with Crippen molar-refractivity contribution in [1.82, 2.24) is 15.5 Å². The minimum atomic E-state index is -0.0218. The lowest BCUT2D eigenvalue weighted by Crippen LogP contribution is -2.26. The number of aromatic nitrogens is 2. The van der Waals surface area contributed by atoms with Crippen molar-refractivity contribution in [1.29, 1.82) is 0 Å². The Morgan fingerprint density at radius 3 is 2.90 bits per heavy atom. The van der Waals surface area contributed by atoms with Crippen LogP contribution < -0.4 is 10.1 Å². The average molecular weight is 287 g/mol. The average Bonchev–Trinajstić information content (AvgIpc) is 2.98. The number of ether oxygens (including phenoxy) is 1. The van der Waals surface area contributed by atoms with Crippen LogP contribution >= 0.6 is 0 Å². The third-order valence-electron chi connectivity index (χ3n) is 3.49. The number of hydrogen-bond acceptors (Lipinski definition) is 3. The number of carbonyl (C=O) groups excluding carboxylic acids is 1. The maximum atomic E-state index is 12.0. The molecule has 1 atom stereocenters. The van der Waals surface area contributed by atoms with E-state index in [4.69, 9.17) is 4.74 Å². The summed E-state index contributed by atoms with van der Waals surface area (Å²) in [4.78, 5) is 12.0. The van der Waals surface area contributed by atoms with Gasteiger partial charge in [0.05, 0.1) is 19.3 Å². The first-order valence-electron chi connectivity index (χ1n) is 7.01. The van der Waals surface area contributed by atoms with E-state index in [0.717, 1.165) is 22.4 Å². The molecule has 0 fully saturated rings. The first kappa shape index (κ1) is 15.1. The van der Waals surface area contributed by atoms with E-state index < -0.39 is 0 Å². The van der Waals surface area contributed by atoms with Crippen molar-refractivity contribution < 1.29 is 9.53 Å². The van der Waals surface area contributed by atoms with Crippen LogP contribution in [0.15, 0.2) is 30.6 Å². The second-order valence-corrected chi connectivity index (χ2v) is 5.12. The van der Waals surface area contributed by atoms with Crippen molar-refractivity contribution in [3.63, 3.8) is 0 Å². The summed E-state index contributed by atoms with van der Waals surface area (Å²) in [5.74, 6) is 0.898. The Kier molecular flexibility index (Phi) is 4.98. The summed E-state index contributed by atoms with van der Waals surface area (Å²) >= 11 is 0. The number of nitrogens with one attached hydrogen (secondary N) is 2. The van der Waals surface area contributed by atoms with Gasteiger partial charge in [0.25, 0.3) is 0 Å². The molecule has 5 heteroatoms. The Labute approximate surface area is 124 Å². The maximum Gasteiger partial charge on any atom is 0.220 e. The zero-order valence-electron chi connectivity index (χ0n) is 12.6. The molecule has 1 amide bonds. The third-order valence-corrected chi connectivity index (χ3v) is 3.49. The molecule has 21 heavy (non-hydrogen) atoms. The van der Waals surface area contributed by atoms with Crippen molar-refractivity contribution in [3.05, 3.63) is 47.3 Å². The quantitative estimate of drug-likeness (QED) is 0.858. The van der Waals surface area contributed by atoms with Gasteiger partial charge >= 0.3 is 0 Å². The van der Waals surface area contributed by atoms with Crippen molar-refractivity contribution >= 4 is 5.91 Å². The summed E-state index contributed by atoms with van der Waals surface area (Å²) in [6.07, 6.45) is 4.70. The molecule has 0 saturated heterocycles. The van der Waals surface area contributed by atoms with Crippen LogP contribution in [0.3, 0.4) is 0 Å². The van der Waals surface area contributed by atoms with E-state index in [1.165, 1.54) is 0 Å². The fourth-order valence-corrected chi connectivity index (χ4v) is 2.24. The third kappa shape index (κ3) is 4.08. The topological polar surface area (TPSA) is 67.0 Å². The summed E-state index contributed by atoms with van der Waals surface area (Å²) in [6.45, 7) is 3.98. The number of rotatable bonds is 6. The monoisotopic (exact) mass is 287 g/mol. The second kappa shape index (κ2) is 6.92. The standard InChI is InChI=1S/C16H21N3O2/c1-11-8-14(5-6-15(11)21-3)12(2)19-16(20)7-4-13-9-17-18-10-13/h5-6,8-10,12H,4,7H2,1-3H3,(H,17,18)(H,19,20). The van der Waals surface area contributed by atoms with Gasteiger partial charge in [-0.05, 0) is 43.0 Å². The van der Waals surface area contributed by atoms with Gasteiger partial charge < -0.3 is 10.1 Å². The fourth-order valence-electron chi connectivity index (χ4n) is 2.24. The summed E-state index contributed by atoms with van der Waals surface area (Å²) in [7, 11) is 1.66. The molecule has 2 aromatic rings. The van der Waals surface area contributed by atoms with Crippen molar-refractivity contribution in [2.24, 2.45) is 0 Å². The van der Waals surface area contributed by atoms with Crippen LogP contribution in [-0.4, -0.2) is 23.2 Å². The molecule has 1 heterocycles. The smallest absolute Gasteiger partial charge is 0.220 e. The van der Waals surface area contributed by atoms with Crippen LogP contribution in [0, 0.1) is 6.92 Å². The first-order chi connectivity index (χ1) is 10.1. The van der Waals surface area contributed by atoms with Gasteiger partial charge in [-0.25, -0.2) is 0 Å². The summed E-state index contributed by atoms with van der Waals surface area (Å²) < 4.78 is 5.24. The van der Waals surface area contributed by atoms with Gasteiger partial charge in [0.15, 0.2) is 0 Å². The van der Waals surface area contributed by atoms with Crippen LogP contribution in [-0.2, 0) is 11.2 Å². The highest BCUT2D eigenvalue weighted by atomic mass is 16.5. The lowest BCUT2D eigenvalue weighted by Gasteiger charge is -2.16. The predicted molar refractivity (Wildman–Crippen MR) is 81.2 cm³/mol. The van der Waals surface area contributed by atoms with Crippen LogP contribution in [0.5, 0.6) is 5.75 Å². The Morgan fingerprint density at radius 1 is 1.48 bits per heavy atom. The molecule has 0 aliphatic carbocycles. The molecule has 0 radical (unpaired) electrons. The lowest BCUT2D eigenvalue weighted by atomic mass is 10.0. The number of methoxy groups -OCH3 is 1. The van der Waals surface area contributed by atoms with E-state index in [1.807, 2.05) is 38.2 Å². The van der Waals surface area contributed by atoms with E-state index in [1.54, 1.807) is 13.3 Å². The number of benzene rings is 1. The maximum absolute atomic E-state index is 12.0. The Hall–Kier alpha value is -2.30. The zero-order valence-corrected chi connectivity index (χ0v) is 12.6. The van der Waals surface area contributed by atoms with Crippen molar-refractivity contribution in [3.8, 4) is 5.75 Å². The SMILES string of the molecule is COc1ccc(C(C)NC(=O)CCc2cn[nH]c2)cc1C. The molecule has 1 aromatic heterocycles. The van der Waals surface area contributed by atoms with Gasteiger partial charge in [-0.1, -0.05) is 12.1 Å². The molecule has 0 aliphatic heterocycles. The van der Waals surface area contributed by atoms with Gasteiger partial charge in [-0.3, -0.25) is 9.89 Å². The molecule has 5 nitrogen and oxygen atoms in total. The number of hydrogen-bond donors (Lipinski definition) is 2. The van der Waals surface area contributed by atoms with Gasteiger partial charge in [0.2, 0.25) is 5.91 Å². The van der Waals surface area contributed by atoms with Gasteiger partial charge in [0.1, 0.15) is 5.75 Å². The van der Waals surface area contributed by atoms with Gasteiger partial charge in [-0.2, -0.15) is 5.10 Å². The number of amides is 1. The number of aromatic amines is 1. The molecule has 1 aromatic carbocycles. The van der Waals surface area contributed by atoms with Gasteiger partial charge in [0, 0.05) is 12.6 Å². The van der Waals surface area contributed by atoms with E-state index in [2.05, 4.69) is 15.5 Å². The molecular weight excluding hydrogens is 266 g/mol. The second-order valence-electron chi connectivity index (χ2n) is 5.12. The van der Waals surface area contributed by atoms with E-state index in [0.29, 0.717) is 12.8 Å². The molecule has 2 N–H and O–H groups in total. The highest BCUT2D eigenvalue weighted by Crippen LogP contribution is 2.22. The lowest BCUT2D eigenvalue weighted by molar-refractivity contribution is -0.121. The van der Waals surface area contributed by atoms with Crippen LogP contribution in [0.2, 0.25) is 0 Å². The summed E-state index contributed by atoms with van der Waals surface area (Å²) in [6, 6.07) is 5.93. The number of nitrogens with zero attached hydrogens (tertiary/aromatic N) is 1. The van der Waals surface area contributed by atoms with Crippen LogP contribution in [0.25, 0.3) is 0 Å². The van der Waals surface area contributed by atoms with E-state index >= 15 is 0 Å². The number of aryl methyl sites for hydroxylation is 2. The van der Waals surface area contributed by atoms with Crippen LogP contribution in [0.4, 0.5) is 0 Å². The molecule has 0 saturated carbocycles. The van der Waals surface area contributed by atoms with Crippen LogP contribution in [0.1, 0.15) is 36.1 Å². The summed E-state index contributed by atoms with van der Waals surface area (Å²) in [5.41, 5.74) is 3.18. The molecule has 0 bridgehead atoms. The highest BCUT2D eigenvalue weighted by Gasteiger charge is 2.11. The Balaban J connectivity index is 1.89. The molecular formula is C16H21N3O2. The Morgan fingerprint density at radius 2 is 2.29 bits per heavy atom. The summed E-state index contributed by atoms with van der Waals surface area (Å²) in [5, 5.41) is 9.62. The molecule has 2 rings (SSSR count). The molecule has 112 valence electrons. The van der Waals surface area contributed by atoms with Crippen molar-refractivity contribution in [2.45, 2.75) is 32.7 Å². The zero-order chi connectivity index (χ0) is 15.2. The molecule has 1 unspecified atom stereocenters. The van der Waals surface area contributed by atoms with E-state index in [-0.39, 0.29) is 11.9 Å². The normalized spacial score (nSPS) is 12.0. The number of carbonyl (C=O) groups is 1. The minimum absolute atomic E-state index is 0.0218. The van der Waals surface area contributed by atoms with E-state index in [9.17, 15) is 4.79 Å². The minimum Gasteiger partial charge on any atom is -0.496 e. The first-order valence-corrected chi connectivity index (χ1v) is 7.01. The van der Waals surface area contributed by atoms with Gasteiger partial charge in [-0.15, -0.1) is 0 Å². The highest BCUT2D eigenvalue weighted by molar-refractivity contribution is 5.76. The molecule has 0 aliphatic rings. The number of H-pyrrole nitrogens is 1. The Bertz CT molecular complexity index is 594. The predicted octanol–water partition coefficient (Wildman–Crippen LogP) is 2.54. The largest absolute Gasteiger partial charge is 0.496 e. The molecule has 0 spiro atoms. The van der Waals surface area contributed by atoms with Crippen molar-refractivity contribution in [2.75, 3.05) is 7.11 Å².